The summed E-state index contributed by atoms with van der Waals surface area (Å²) in [6, 6.07) is 1.96. The fourth-order valence-electron chi connectivity index (χ4n) is 1.75. The smallest absolute Gasteiger partial charge is 0.303 e. The summed E-state index contributed by atoms with van der Waals surface area (Å²) in [6.07, 6.45) is 0.899. The van der Waals surface area contributed by atoms with Gasteiger partial charge in [0, 0.05) is 19.5 Å². The standard InChI is InChI=1S/C10H14N2O3S/c11-2-4-16-7-9(13)12-3-1-8(6-12)5-10(14)15/h8H,1,3-7H2,(H,14,15). The van der Waals surface area contributed by atoms with Gasteiger partial charge in [0.2, 0.25) is 5.91 Å². The Hall–Kier alpha value is -1.22. The van der Waals surface area contributed by atoms with Crippen LogP contribution in [0.1, 0.15) is 12.8 Å². The summed E-state index contributed by atoms with van der Waals surface area (Å²) in [7, 11) is 0. The van der Waals surface area contributed by atoms with Gasteiger partial charge in [0.1, 0.15) is 0 Å². The first-order valence-electron chi connectivity index (χ1n) is 5.07. The largest absolute Gasteiger partial charge is 0.481 e. The number of amides is 1. The Morgan fingerprint density at radius 1 is 1.56 bits per heavy atom. The number of nitrogens with zero attached hydrogens (tertiary/aromatic N) is 2. The van der Waals surface area contributed by atoms with Crippen molar-refractivity contribution in [2.24, 2.45) is 5.92 Å². The molecule has 1 aliphatic heterocycles. The van der Waals surface area contributed by atoms with Gasteiger partial charge in [-0.3, -0.25) is 9.59 Å². The van der Waals surface area contributed by atoms with Gasteiger partial charge in [-0.15, -0.1) is 11.8 Å². The number of carbonyl (C=O) groups excluding carboxylic acids is 1. The van der Waals surface area contributed by atoms with E-state index < -0.39 is 5.97 Å². The Labute approximate surface area is 98.4 Å². The van der Waals surface area contributed by atoms with Crippen LogP contribution in [-0.4, -0.2) is 46.5 Å². The first-order chi connectivity index (χ1) is 7.63. The summed E-state index contributed by atoms with van der Waals surface area (Å²) in [4.78, 5) is 23.8. The van der Waals surface area contributed by atoms with E-state index in [1.54, 1.807) is 4.90 Å². The van der Waals surface area contributed by atoms with E-state index in [1.165, 1.54) is 11.8 Å². The molecule has 0 aromatic carbocycles. The molecule has 16 heavy (non-hydrogen) atoms. The third-order valence-electron chi connectivity index (χ3n) is 2.49. The molecule has 0 saturated carbocycles. The molecule has 5 nitrogen and oxygen atoms in total. The van der Waals surface area contributed by atoms with Crippen molar-refractivity contribution in [2.45, 2.75) is 12.8 Å². The third-order valence-corrected chi connectivity index (χ3v) is 3.28. The highest BCUT2D eigenvalue weighted by molar-refractivity contribution is 8.00. The molecule has 88 valence electrons. The maximum absolute atomic E-state index is 11.6. The molecule has 0 bridgehead atoms. The molecule has 0 spiro atoms. The monoisotopic (exact) mass is 242 g/mol. The predicted octanol–water partition coefficient (Wildman–Crippen LogP) is 0.566. The molecule has 1 fully saturated rings. The van der Waals surface area contributed by atoms with E-state index in [2.05, 4.69) is 0 Å². The fourth-order valence-corrected chi connectivity index (χ4v) is 2.30. The van der Waals surface area contributed by atoms with Crippen LogP contribution in [0.5, 0.6) is 0 Å². The maximum Gasteiger partial charge on any atom is 0.303 e. The number of thioether (sulfide) groups is 1. The lowest BCUT2D eigenvalue weighted by Crippen LogP contribution is -2.30. The number of carbonyl (C=O) groups is 2. The minimum absolute atomic E-state index is 0.00754. The number of likely N-dealkylation sites (tertiary alicyclic amines) is 1. The highest BCUT2D eigenvalue weighted by Crippen LogP contribution is 2.20. The molecular formula is C10H14N2O3S. The molecular weight excluding hydrogens is 228 g/mol. The average molecular weight is 242 g/mol. The molecule has 1 atom stereocenters. The topological polar surface area (TPSA) is 81.4 Å². The van der Waals surface area contributed by atoms with Crippen molar-refractivity contribution in [2.75, 3.05) is 24.6 Å². The Morgan fingerprint density at radius 2 is 2.31 bits per heavy atom. The molecule has 1 heterocycles. The molecule has 1 rings (SSSR count). The van der Waals surface area contributed by atoms with Crippen molar-refractivity contribution in [1.29, 1.82) is 5.26 Å². The zero-order valence-corrected chi connectivity index (χ0v) is 9.70. The number of carboxylic acid groups (broad SMARTS) is 1. The van der Waals surface area contributed by atoms with Crippen molar-refractivity contribution in [3.05, 3.63) is 0 Å². The number of aliphatic carboxylic acids is 1. The van der Waals surface area contributed by atoms with Crippen LogP contribution in [0.3, 0.4) is 0 Å². The molecule has 6 heteroatoms. The number of nitriles is 1. The van der Waals surface area contributed by atoms with Gasteiger partial charge < -0.3 is 10.0 Å². The molecule has 1 unspecified atom stereocenters. The van der Waals surface area contributed by atoms with E-state index in [4.69, 9.17) is 10.4 Å². The van der Waals surface area contributed by atoms with E-state index >= 15 is 0 Å². The molecule has 1 N–H and O–H groups in total. The van der Waals surface area contributed by atoms with Crippen molar-refractivity contribution in [3.63, 3.8) is 0 Å². The van der Waals surface area contributed by atoms with Gasteiger partial charge in [-0.05, 0) is 12.3 Å². The SMILES string of the molecule is N#CCSCC(=O)N1CCC(CC(=O)O)C1. The minimum Gasteiger partial charge on any atom is -0.481 e. The van der Waals surface area contributed by atoms with Crippen molar-refractivity contribution in [3.8, 4) is 6.07 Å². The summed E-state index contributed by atoms with van der Waals surface area (Å²) in [5.41, 5.74) is 0. The second-order valence-electron chi connectivity index (χ2n) is 3.74. The lowest BCUT2D eigenvalue weighted by molar-refractivity contribution is -0.138. The third kappa shape index (κ3) is 4.11. The second kappa shape index (κ2) is 6.38. The van der Waals surface area contributed by atoms with Crippen molar-refractivity contribution in [1.82, 2.24) is 4.90 Å². The minimum atomic E-state index is -0.807. The molecule has 0 aromatic rings. The highest BCUT2D eigenvalue weighted by Gasteiger charge is 2.27. The highest BCUT2D eigenvalue weighted by atomic mass is 32.2. The Bertz CT molecular complexity index is 314. The lowest BCUT2D eigenvalue weighted by Gasteiger charge is -2.15. The zero-order valence-electron chi connectivity index (χ0n) is 8.89. The normalized spacial score (nSPS) is 19.4. The first kappa shape index (κ1) is 12.8. The van der Waals surface area contributed by atoms with Gasteiger partial charge >= 0.3 is 5.97 Å². The Kier molecular flexibility index (Phi) is 5.12. The molecule has 1 saturated heterocycles. The van der Waals surface area contributed by atoms with Gasteiger partial charge in [0.05, 0.1) is 17.6 Å². The van der Waals surface area contributed by atoms with Gasteiger partial charge in [-0.25, -0.2) is 0 Å². The van der Waals surface area contributed by atoms with Crippen molar-refractivity contribution < 1.29 is 14.7 Å². The van der Waals surface area contributed by atoms with Crippen LogP contribution in [0.4, 0.5) is 0 Å². The summed E-state index contributed by atoms with van der Waals surface area (Å²) in [6.45, 7) is 1.18. The van der Waals surface area contributed by atoms with E-state index in [-0.39, 0.29) is 18.2 Å². The van der Waals surface area contributed by atoms with Crippen LogP contribution in [0, 0.1) is 17.2 Å². The van der Waals surface area contributed by atoms with Gasteiger partial charge in [0.15, 0.2) is 0 Å². The van der Waals surface area contributed by atoms with Gasteiger partial charge in [-0.2, -0.15) is 5.26 Å². The zero-order chi connectivity index (χ0) is 12.0. The summed E-state index contributed by atoms with van der Waals surface area (Å²) >= 11 is 1.29. The maximum atomic E-state index is 11.6. The molecule has 1 amide bonds. The van der Waals surface area contributed by atoms with Crippen molar-refractivity contribution >= 4 is 23.6 Å². The second-order valence-corrected chi connectivity index (χ2v) is 4.73. The summed E-state index contributed by atoms with van der Waals surface area (Å²) in [5.74, 6) is -0.0837. The van der Waals surface area contributed by atoms with Crippen LogP contribution in [0.15, 0.2) is 0 Å². The van der Waals surface area contributed by atoms with Crippen LogP contribution in [0.2, 0.25) is 0 Å². The van der Waals surface area contributed by atoms with Crippen LogP contribution < -0.4 is 0 Å². The van der Waals surface area contributed by atoms with E-state index in [1.807, 2.05) is 6.07 Å². The quantitative estimate of drug-likeness (QED) is 0.713. The Balaban J connectivity index is 2.27. The first-order valence-corrected chi connectivity index (χ1v) is 6.23. The van der Waals surface area contributed by atoms with E-state index in [9.17, 15) is 9.59 Å². The van der Waals surface area contributed by atoms with Gasteiger partial charge in [0.25, 0.3) is 0 Å². The summed E-state index contributed by atoms with van der Waals surface area (Å²) in [5, 5.41) is 17.0. The van der Waals surface area contributed by atoms with Crippen LogP contribution >= 0.6 is 11.8 Å². The molecule has 1 aliphatic rings. The lowest BCUT2D eigenvalue weighted by atomic mass is 10.1. The molecule has 0 aromatic heterocycles. The fraction of sp³-hybridized carbons (Fsp3) is 0.700. The number of rotatable bonds is 5. The molecule has 0 aliphatic carbocycles. The average Bonchev–Trinajstić information content (AvgIpc) is 2.65. The van der Waals surface area contributed by atoms with E-state index in [0.29, 0.717) is 24.6 Å². The van der Waals surface area contributed by atoms with Gasteiger partial charge in [-0.1, -0.05) is 0 Å². The number of hydrogen-bond acceptors (Lipinski definition) is 4. The predicted molar refractivity (Wildman–Crippen MR) is 59.9 cm³/mol. The number of carboxylic acids is 1. The van der Waals surface area contributed by atoms with E-state index in [0.717, 1.165) is 6.42 Å². The molecule has 0 radical (unpaired) electrons. The van der Waals surface area contributed by atoms with Crippen LogP contribution in [-0.2, 0) is 9.59 Å². The number of hydrogen-bond donors (Lipinski definition) is 1. The summed E-state index contributed by atoms with van der Waals surface area (Å²) < 4.78 is 0. The van der Waals surface area contributed by atoms with Crippen LogP contribution in [0.25, 0.3) is 0 Å². The Morgan fingerprint density at radius 3 is 2.94 bits per heavy atom.